The zero-order chi connectivity index (χ0) is 24.9. The maximum atomic E-state index is 13.1. The molecule has 0 aromatic heterocycles. The van der Waals surface area contributed by atoms with Crippen molar-refractivity contribution >= 4 is 28.7 Å². The average molecular weight is 597 g/mol. The second kappa shape index (κ2) is 8.55. The highest BCUT2D eigenvalue weighted by Crippen LogP contribution is 2.40. The van der Waals surface area contributed by atoms with Crippen LogP contribution in [0.2, 0.25) is 0 Å². The fourth-order valence-electron chi connectivity index (χ4n) is 3.38. The zero-order valence-corrected chi connectivity index (χ0v) is 18.5. The van der Waals surface area contributed by atoms with E-state index in [-0.39, 0.29) is 11.6 Å². The van der Waals surface area contributed by atoms with Gasteiger partial charge in [0.15, 0.2) is 0 Å². The van der Waals surface area contributed by atoms with Crippen LogP contribution < -0.4 is 0 Å². The molecule has 180 valence electrons. The van der Waals surface area contributed by atoms with Crippen LogP contribution in [-0.4, -0.2) is 17.0 Å². The van der Waals surface area contributed by atoms with Crippen molar-refractivity contribution < 1.29 is 49.0 Å². The summed E-state index contributed by atoms with van der Waals surface area (Å²) in [6.45, 7) is 0.712. The summed E-state index contributed by atoms with van der Waals surface area (Å²) in [5.41, 5.74) is -4.52. The van der Waals surface area contributed by atoms with Gasteiger partial charge in [0.2, 0.25) is 0 Å². The molecule has 2 aromatic rings. The Morgan fingerprint density at radius 1 is 0.848 bits per heavy atom. The molecule has 1 saturated heterocycles. The maximum absolute atomic E-state index is 13.1. The molecule has 2 aromatic carbocycles. The van der Waals surface area contributed by atoms with Crippen molar-refractivity contribution in [2.75, 3.05) is 0 Å². The Hall–Kier alpha value is -2.19. The summed E-state index contributed by atoms with van der Waals surface area (Å²) >= 11 is 1.74. The van der Waals surface area contributed by atoms with Gasteiger partial charge in [0, 0.05) is 15.7 Å². The van der Waals surface area contributed by atoms with Gasteiger partial charge in [-0.05, 0) is 71.5 Å². The lowest BCUT2D eigenvalue weighted by atomic mass is 10.00. The van der Waals surface area contributed by atoms with Crippen molar-refractivity contribution in [2.24, 2.45) is 0 Å². The molecule has 1 heterocycles. The largest absolute Gasteiger partial charge is 0.439 e. The van der Waals surface area contributed by atoms with Crippen molar-refractivity contribution in [2.45, 2.75) is 44.1 Å². The number of hydrogen-bond donors (Lipinski definition) is 0. The molecule has 1 aliphatic rings. The average Bonchev–Trinajstić information content (AvgIpc) is 2.94. The Labute approximate surface area is 194 Å². The quantitative estimate of drug-likeness (QED) is 0.272. The molecule has 1 amide bonds. The van der Waals surface area contributed by atoms with E-state index in [1.54, 1.807) is 22.6 Å². The second-order valence-electron chi connectivity index (χ2n) is 7.32. The van der Waals surface area contributed by atoms with Crippen LogP contribution in [0.25, 0.3) is 0 Å². The van der Waals surface area contributed by atoms with Crippen molar-refractivity contribution in [3.05, 3.63) is 67.8 Å². The van der Waals surface area contributed by atoms with Crippen molar-refractivity contribution in [1.29, 1.82) is 0 Å². The molecule has 1 fully saturated rings. The number of carbonyl (C=O) groups excluding carboxylic acids is 1. The van der Waals surface area contributed by atoms with Crippen LogP contribution in [0, 0.1) is 3.57 Å². The topological polar surface area (TPSA) is 29.5 Å². The van der Waals surface area contributed by atoms with Crippen molar-refractivity contribution in [1.82, 2.24) is 4.90 Å². The third kappa shape index (κ3) is 5.49. The molecular formula is C20H13F9INO2. The van der Waals surface area contributed by atoms with Crippen LogP contribution in [0.15, 0.2) is 36.4 Å². The number of alkyl halides is 9. The van der Waals surface area contributed by atoms with Gasteiger partial charge < -0.3 is 4.74 Å². The number of carbonyl (C=O) groups is 1. The molecule has 13 heteroatoms. The molecule has 1 aliphatic heterocycles. The minimum absolute atomic E-state index is 0.0220. The van der Waals surface area contributed by atoms with E-state index in [0.29, 0.717) is 15.7 Å². The van der Waals surface area contributed by atoms with Gasteiger partial charge in [-0.2, -0.15) is 39.5 Å². The van der Waals surface area contributed by atoms with E-state index in [9.17, 15) is 44.3 Å². The number of amides is 1. The fraction of sp³-hybridized carbons (Fsp3) is 0.350. The lowest BCUT2D eigenvalue weighted by molar-refractivity contribution is -0.143. The molecule has 0 radical (unpaired) electrons. The van der Waals surface area contributed by atoms with E-state index in [4.69, 9.17) is 4.74 Å². The molecule has 3 nitrogen and oxygen atoms in total. The van der Waals surface area contributed by atoms with Gasteiger partial charge in [-0.15, -0.1) is 0 Å². The van der Waals surface area contributed by atoms with Crippen LogP contribution >= 0.6 is 22.6 Å². The summed E-state index contributed by atoms with van der Waals surface area (Å²) in [5, 5.41) is 0. The van der Waals surface area contributed by atoms with E-state index < -0.39 is 65.6 Å². The SMILES string of the molecule is C[C@H]1[C@H](c2cc(C(F)(F)F)ccc2I)OC(=O)N1Cc1cc(C(F)(F)F)cc(C(F)(F)F)c1. The number of benzene rings is 2. The highest BCUT2D eigenvalue weighted by atomic mass is 127. The first-order valence-corrected chi connectivity index (χ1v) is 10.2. The molecule has 0 unspecified atom stereocenters. The summed E-state index contributed by atoms with van der Waals surface area (Å²) in [6.07, 6.45) is -17.1. The first-order valence-electron chi connectivity index (χ1n) is 9.10. The lowest BCUT2D eigenvalue weighted by Crippen LogP contribution is -2.32. The molecule has 0 spiro atoms. The normalized spacial score (nSPS) is 19.7. The van der Waals surface area contributed by atoms with Gasteiger partial charge >= 0.3 is 24.6 Å². The molecule has 0 aliphatic carbocycles. The Balaban J connectivity index is 1.95. The van der Waals surface area contributed by atoms with E-state index in [2.05, 4.69) is 0 Å². The Morgan fingerprint density at radius 3 is 1.85 bits per heavy atom. The third-order valence-electron chi connectivity index (χ3n) is 5.02. The summed E-state index contributed by atoms with van der Waals surface area (Å²) in [6, 6.07) is 2.76. The van der Waals surface area contributed by atoms with Crippen molar-refractivity contribution in [3.8, 4) is 0 Å². The van der Waals surface area contributed by atoms with Crippen LogP contribution in [0.3, 0.4) is 0 Å². The van der Waals surface area contributed by atoms with Gasteiger partial charge in [0.25, 0.3) is 0 Å². The van der Waals surface area contributed by atoms with Crippen LogP contribution in [0.5, 0.6) is 0 Å². The summed E-state index contributed by atoms with van der Waals surface area (Å²) in [5.74, 6) is 0. The van der Waals surface area contributed by atoms with Gasteiger partial charge in [-0.3, -0.25) is 4.90 Å². The minimum atomic E-state index is -5.07. The lowest BCUT2D eigenvalue weighted by Gasteiger charge is -2.23. The van der Waals surface area contributed by atoms with Crippen molar-refractivity contribution in [3.63, 3.8) is 0 Å². The molecule has 0 saturated carbocycles. The highest BCUT2D eigenvalue weighted by molar-refractivity contribution is 14.1. The molecule has 2 atom stereocenters. The molecule has 0 N–H and O–H groups in total. The maximum Gasteiger partial charge on any atom is 0.416 e. The first-order chi connectivity index (χ1) is 15.0. The zero-order valence-electron chi connectivity index (χ0n) is 16.4. The Bertz CT molecular complexity index is 1030. The Morgan fingerprint density at radius 2 is 1.36 bits per heavy atom. The van der Waals surface area contributed by atoms with Gasteiger partial charge in [0.1, 0.15) is 6.10 Å². The van der Waals surface area contributed by atoms with Gasteiger partial charge in [-0.25, -0.2) is 4.79 Å². The van der Waals surface area contributed by atoms with E-state index in [0.717, 1.165) is 17.0 Å². The summed E-state index contributed by atoms with van der Waals surface area (Å²) in [4.78, 5) is 13.2. The first kappa shape index (κ1) is 25.4. The smallest absolute Gasteiger partial charge is 0.416 e. The third-order valence-corrected chi connectivity index (χ3v) is 6.00. The molecular weight excluding hydrogens is 584 g/mol. The molecule has 0 bridgehead atoms. The summed E-state index contributed by atoms with van der Waals surface area (Å²) in [7, 11) is 0. The van der Waals surface area contributed by atoms with E-state index >= 15 is 0 Å². The standard InChI is InChI=1S/C20H13F9INO2/c1-9-16(14-7-11(18(21,22)23)2-3-15(14)30)33-17(32)31(9)8-10-4-12(19(24,25)26)6-13(5-10)20(27,28)29/h2-7,9,16H,8H2,1H3/t9-,16+/m0/s1. The van der Waals surface area contributed by atoms with Crippen LogP contribution in [0.1, 0.15) is 40.8 Å². The number of rotatable bonds is 3. The summed E-state index contributed by atoms with van der Waals surface area (Å²) < 4.78 is 123. The molecule has 3 rings (SSSR count). The number of cyclic esters (lactones) is 1. The van der Waals surface area contributed by atoms with Gasteiger partial charge in [-0.1, -0.05) is 0 Å². The Kier molecular flexibility index (Phi) is 6.59. The monoisotopic (exact) mass is 597 g/mol. The number of nitrogens with zero attached hydrogens (tertiary/aromatic N) is 1. The predicted molar refractivity (Wildman–Crippen MR) is 105 cm³/mol. The highest BCUT2D eigenvalue weighted by Gasteiger charge is 2.43. The van der Waals surface area contributed by atoms with E-state index in [1.807, 2.05) is 0 Å². The predicted octanol–water partition coefficient (Wildman–Crippen LogP) is 7.43. The number of ether oxygens (including phenoxy) is 1. The van der Waals surface area contributed by atoms with E-state index in [1.165, 1.54) is 13.0 Å². The number of hydrogen-bond acceptors (Lipinski definition) is 2. The number of halogens is 10. The van der Waals surface area contributed by atoms with Gasteiger partial charge in [0.05, 0.1) is 22.7 Å². The fourth-order valence-corrected chi connectivity index (χ4v) is 4.02. The van der Waals surface area contributed by atoms with Crippen LogP contribution in [-0.2, 0) is 29.8 Å². The second-order valence-corrected chi connectivity index (χ2v) is 8.48. The minimum Gasteiger partial charge on any atom is -0.439 e. The van der Waals surface area contributed by atoms with Crippen LogP contribution in [0.4, 0.5) is 44.3 Å². The molecule has 33 heavy (non-hydrogen) atoms.